The normalized spacial score (nSPS) is 12.5. The summed E-state index contributed by atoms with van der Waals surface area (Å²) in [7, 11) is -9.63. The van der Waals surface area contributed by atoms with Crippen molar-refractivity contribution >= 4 is 41.8 Å². The molecule has 0 atom stereocenters. The summed E-state index contributed by atoms with van der Waals surface area (Å²) in [5, 5.41) is 2.05. The SMILES string of the molecule is O=S(=O)([O-])c1ccc2ccccc2c1-c1c(S(=O)(=O)O)ccc2ccccc12. The van der Waals surface area contributed by atoms with Crippen LogP contribution in [0.2, 0.25) is 0 Å². The van der Waals surface area contributed by atoms with Crippen molar-refractivity contribution in [3.05, 3.63) is 72.8 Å². The third-order valence-corrected chi connectivity index (χ3v) is 6.35. The van der Waals surface area contributed by atoms with Gasteiger partial charge in [-0.25, -0.2) is 8.42 Å². The molecule has 0 radical (unpaired) electrons. The highest BCUT2D eigenvalue weighted by Crippen LogP contribution is 2.42. The lowest BCUT2D eigenvalue weighted by Crippen LogP contribution is -2.06. The van der Waals surface area contributed by atoms with Gasteiger partial charge >= 0.3 is 0 Å². The maximum atomic E-state index is 12.1. The number of hydrogen-bond acceptors (Lipinski definition) is 5. The molecule has 6 nitrogen and oxygen atoms in total. The second-order valence-corrected chi connectivity index (χ2v) is 8.99. The summed E-state index contributed by atoms with van der Waals surface area (Å²) in [6.45, 7) is 0. The average Bonchev–Trinajstić information content (AvgIpc) is 2.64. The van der Waals surface area contributed by atoms with Gasteiger partial charge in [-0.1, -0.05) is 60.7 Å². The Kier molecular flexibility index (Phi) is 4.24. The van der Waals surface area contributed by atoms with Crippen molar-refractivity contribution in [1.82, 2.24) is 0 Å². The first-order chi connectivity index (χ1) is 13.2. The van der Waals surface area contributed by atoms with E-state index in [9.17, 15) is 25.9 Å². The van der Waals surface area contributed by atoms with Crippen LogP contribution < -0.4 is 0 Å². The predicted octanol–water partition coefficient (Wildman–Crippen LogP) is 3.81. The van der Waals surface area contributed by atoms with Gasteiger partial charge in [-0.2, -0.15) is 8.42 Å². The smallest absolute Gasteiger partial charge is 0.295 e. The summed E-state index contributed by atoms with van der Waals surface area (Å²) in [5.41, 5.74) is -0.0654. The molecule has 0 heterocycles. The van der Waals surface area contributed by atoms with Gasteiger partial charge in [0.05, 0.1) is 4.90 Å². The summed E-state index contributed by atoms with van der Waals surface area (Å²) in [5.74, 6) is 0. The van der Waals surface area contributed by atoms with Gasteiger partial charge in [0.25, 0.3) is 10.1 Å². The van der Waals surface area contributed by atoms with Crippen LogP contribution in [0.3, 0.4) is 0 Å². The minimum Gasteiger partial charge on any atom is -0.744 e. The molecule has 0 aliphatic heterocycles. The van der Waals surface area contributed by atoms with E-state index in [-0.39, 0.29) is 11.1 Å². The minimum absolute atomic E-state index is 0.0215. The summed E-state index contributed by atoms with van der Waals surface area (Å²) in [6, 6.07) is 18.8. The molecule has 0 unspecified atom stereocenters. The third-order valence-electron chi connectivity index (χ3n) is 4.58. The second-order valence-electron chi connectivity index (χ2n) is 6.25. The molecule has 0 aromatic heterocycles. The molecule has 8 heteroatoms. The molecule has 28 heavy (non-hydrogen) atoms. The fourth-order valence-corrected chi connectivity index (χ4v) is 4.85. The quantitative estimate of drug-likeness (QED) is 0.511. The van der Waals surface area contributed by atoms with Crippen molar-refractivity contribution in [2.75, 3.05) is 0 Å². The molecule has 1 N–H and O–H groups in total. The van der Waals surface area contributed by atoms with Crippen LogP contribution in [0.1, 0.15) is 0 Å². The number of benzene rings is 4. The lowest BCUT2D eigenvalue weighted by atomic mass is 9.94. The summed E-state index contributed by atoms with van der Waals surface area (Å²) in [4.78, 5) is -1.01. The highest BCUT2D eigenvalue weighted by Gasteiger charge is 2.24. The molecular weight excluding hydrogens is 400 g/mol. The molecule has 0 saturated carbocycles. The molecular formula is C20H13O6S2-. The maximum absolute atomic E-state index is 12.1. The van der Waals surface area contributed by atoms with Crippen LogP contribution >= 0.6 is 0 Å². The Labute approximate surface area is 161 Å². The van der Waals surface area contributed by atoms with E-state index in [1.807, 2.05) is 0 Å². The zero-order chi connectivity index (χ0) is 20.1. The van der Waals surface area contributed by atoms with Gasteiger partial charge < -0.3 is 4.55 Å². The van der Waals surface area contributed by atoms with Gasteiger partial charge in [0.1, 0.15) is 15.0 Å². The largest absolute Gasteiger partial charge is 0.744 e. The Morgan fingerprint density at radius 2 is 1.04 bits per heavy atom. The Balaban J connectivity index is 2.34. The van der Waals surface area contributed by atoms with Crippen LogP contribution in [-0.4, -0.2) is 25.9 Å². The number of rotatable bonds is 3. The van der Waals surface area contributed by atoms with Crippen molar-refractivity contribution in [3.8, 4) is 11.1 Å². The molecule has 0 spiro atoms. The molecule has 4 rings (SSSR count). The van der Waals surface area contributed by atoms with Crippen LogP contribution in [0.15, 0.2) is 82.6 Å². The topological polar surface area (TPSA) is 112 Å². The Morgan fingerprint density at radius 1 is 0.607 bits per heavy atom. The first-order valence-corrected chi connectivity index (χ1v) is 11.0. The van der Waals surface area contributed by atoms with Crippen LogP contribution in [0.5, 0.6) is 0 Å². The fraction of sp³-hybridized carbons (Fsp3) is 0. The lowest BCUT2D eigenvalue weighted by Gasteiger charge is -2.19. The van der Waals surface area contributed by atoms with Crippen molar-refractivity contribution in [1.29, 1.82) is 0 Å². The molecule has 4 aromatic carbocycles. The molecule has 0 aliphatic carbocycles. The Hall–Kier alpha value is -2.78. The summed E-state index contributed by atoms with van der Waals surface area (Å²) < 4.78 is 70.0. The van der Waals surface area contributed by atoms with Gasteiger partial charge in [-0.15, -0.1) is 0 Å². The van der Waals surface area contributed by atoms with E-state index < -0.39 is 30.0 Å². The molecule has 0 fully saturated rings. The van der Waals surface area contributed by atoms with E-state index in [0.717, 1.165) is 6.07 Å². The van der Waals surface area contributed by atoms with Crippen molar-refractivity contribution < 1.29 is 25.9 Å². The highest BCUT2D eigenvalue weighted by molar-refractivity contribution is 7.86. The third kappa shape index (κ3) is 3.06. The average molecular weight is 413 g/mol. The molecule has 0 bridgehead atoms. The zero-order valence-electron chi connectivity index (χ0n) is 14.2. The first-order valence-electron chi connectivity index (χ1n) is 8.15. The van der Waals surface area contributed by atoms with Crippen molar-refractivity contribution in [3.63, 3.8) is 0 Å². The van der Waals surface area contributed by atoms with Crippen molar-refractivity contribution in [2.24, 2.45) is 0 Å². The molecule has 4 aromatic rings. The van der Waals surface area contributed by atoms with E-state index in [2.05, 4.69) is 0 Å². The minimum atomic E-state index is -4.93. The fourth-order valence-electron chi connectivity index (χ4n) is 3.44. The molecule has 0 saturated heterocycles. The van der Waals surface area contributed by atoms with E-state index in [1.54, 1.807) is 48.5 Å². The summed E-state index contributed by atoms with van der Waals surface area (Å²) >= 11 is 0. The summed E-state index contributed by atoms with van der Waals surface area (Å²) in [6.07, 6.45) is 0. The van der Waals surface area contributed by atoms with Crippen LogP contribution in [0.4, 0.5) is 0 Å². The van der Waals surface area contributed by atoms with Gasteiger partial charge in [0, 0.05) is 11.1 Å². The monoisotopic (exact) mass is 413 g/mol. The Morgan fingerprint density at radius 3 is 1.50 bits per heavy atom. The van der Waals surface area contributed by atoms with E-state index >= 15 is 0 Å². The van der Waals surface area contributed by atoms with E-state index in [0.29, 0.717) is 21.5 Å². The number of fused-ring (bicyclic) bond motifs is 2. The molecule has 0 aliphatic rings. The van der Waals surface area contributed by atoms with Gasteiger partial charge in [0.15, 0.2) is 0 Å². The molecule has 142 valence electrons. The van der Waals surface area contributed by atoms with Gasteiger partial charge in [0.2, 0.25) is 0 Å². The maximum Gasteiger partial charge on any atom is 0.295 e. The van der Waals surface area contributed by atoms with Crippen molar-refractivity contribution in [2.45, 2.75) is 9.79 Å². The predicted molar refractivity (Wildman–Crippen MR) is 105 cm³/mol. The standard InChI is InChI=1S/C20H14O6S2/c21-27(22,23)17-11-9-13-5-1-3-7-15(13)19(17)20-16-8-4-2-6-14(16)10-12-18(20)28(24,25)26/h1-12H,(H,21,22,23)(H,24,25,26)/p-1. The zero-order valence-corrected chi connectivity index (χ0v) is 15.9. The first kappa shape index (κ1) is 18.6. The Bertz CT molecular complexity index is 1340. The second kappa shape index (κ2) is 6.39. The highest BCUT2D eigenvalue weighted by atomic mass is 32.2. The van der Waals surface area contributed by atoms with E-state index in [4.69, 9.17) is 0 Å². The van der Waals surface area contributed by atoms with Crippen LogP contribution in [0, 0.1) is 0 Å². The van der Waals surface area contributed by atoms with Gasteiger partial charge in [-0.05, 0) is 33.7 Å². The lowest BCUT2D eigenvalue weighted by molar-refractivity contribution is 0.463. The number of hydrogen-bond donors (Lipinski definition) is 1. The molecule has 0 amide bonds. The van der Waals surface area contributed by atoms with Gasteiger partial charge in [-0.3, -0.25) is 4.55 Å². The van der Waals surface area contributed by atoms with Crippen LogP contribution in [0.25, 0.3) is 32.7 Å². The van der Waals surface area contributed by atoms with Crippen LogP contribution in [-0.2, 0) is 20.2 Å². The van der Waals surface area contributed by atoms with E-state index in [1.165, 1.54) is 18.2 Å².